The van der Waals surface area contributed by atoms with Crippen LogP contribution in [0, 0.1) is 0 Å². The van der Waals surface area contributed by atoms with Crippen LogP contribution in [0.3, 0.4) is 0 Å². The molecule has 0 N–H and O–H groups in total. The number of likely N-dealkylation sites (tertiary alicyclic amines) is 1. The Morgan fingerprint density at radius 1 is 1.33 bits per heavy atom. The van der Waals surface area contributed by atoms with E-state index in [0.29, 0.717) is 6.04 Å². The van der Waals surface area contributed by atoms with Crippen molar-refractivity contribution in [3.63, 3.8) is 0 Å². The van der Waals surface area contributed by atoms with E-state index in [1.165, 1.54) is 25.9 Å². The maximum Gasteiger partial charge on any atom is 0.120 e. The molecule has 15 heavy (non-hydrogen) atoms. The fourth-order valence-corrected chi connectivity index (χ4v) is 2.17. The van der Waals surface area contributed by atoms with Crippen LogP contribution in [0.15, 0.2) is 22.8 Å². The molecule has 0 radical (unpaired) electrons. The summed E-state index contributed by atoms with van der Waals surface area (Å²) >= 11 is 0. The Kier molecular flexibility index (Phi) is 5.48. The molecule has 1 aliphatic heterocycles. The van der Waals surface area contributed by atoms with Gasteiger partial charge in [0.1, 0.15) is 5.76 Å². The summed E-state index contributed by atoms with van der Waals surface area (Å²) in [5.41, 5.74) is 0. The Morgan fingerprint density at radius 2 is 2.00 bits per heavy atom. The molecule has 2 rings (SSSR count). The van der Waals surface area contributed by atoms with Crippen molar-refractivity contribution < 1.29 is 4.42 Å². The average Bonchev–Trinajstić information content (AvgIpc) is 2.94. The van der Waals surface area contributed by atoms with Gasteiger partial charge in [-0.1, -0.05) is 20.8 Å². The molecule has 0 amide bonds. The summed E-state index contributed by atoms with van der Waals surface area (Å²) in [6, 6.07) is 4.58. The third-order valence-corrected chi connectivity index (χ3v) is 2.84. The monoisotopic (exact) mass is 209 g/mol. The van der Waals surface area contributed by atoms with Crippen LogP contribution >= 0.6 is 0 Å². The molecule has 1 saturated heterocycles. The van der Waals surface area contributed by atoms with Crippen molar-refractivity contribution in [2.45, 2.75) is 46.1 Å². The van der Waals surface area contributed by atoms with Crippen molar-refractivity contribution in [3.8, 4) is 0 Å². The Hall–Kier alpha value is -0.760. The zero-order valence-corrected chi connectivity index (χ0v) is 10.2. The van der Waals surface area contributed by atoms with Crippen LogP contribution in [0.5, 0.6) is 0 Å². The summed E-state index contributed by atoms with van der Waals surface area (Å²) in [5.74, 6) is 1.13. The summed E-state index contributed by atoms with van der Waals surface area (Å²) < 4.78 is 5.46. The molecular formula is C13H23NO. The van der Waals surface area contributed by atoms with Crippen LogP contribution in [0.4, 0.5) is 0 Å². The topological polar surface area (TPSA) is 16.4 Å². The normalized spacial score (nSPS) is 18.3. The lowest BCUT2D eigenvalue weighted by Gasteiger charge is -2.24. The predicted molar refractivity (Wildman–Crippen MR) is 63.9 cm³/mol. The zero-order valence-electron chi connectivity index (χ0n) is 10.2. The molecule has 1 aromatic heterocycles. The van der Waals surface area contributed by atoms with Gasteiger partial charge in [0, 0.05) is 0 Å². The van der Waals surface area contributed by atoms with Gasteiger partial charge in [-0.05, 0) is 44.5 Å². The lowest BCUT2D eigenvalue weighted by Crippen LogP contribution is -2.24. The van der Waals surface area contributed by atoms with E-state index >= 15 is 0 Å². The fraction of sp³-hybridized carbons (Fsp3) is 0.692. The second-order valence-corrected chi connectivity index (χ2v) is 3.68. The highest BCUT2D eigenvalue weighted by Crippen LogP contribution is 2.27. The largest absolute Gasteiger partial charge is 0.468 e. The van der Waals surface area contributed by atoms with Gasteiger partial charge < -0.3 is 4.42 Å². The fourth-order valence-electron chi connectivity index (χ4n) is 2.17. The van der Waals surface area contributed by atoms with Crippen molar-refractivity contribution in [1.29, 1.82) is 0 Å². The van der Waals surface area contributed by atoms with Crippen LogP contribution in [0.25, 0.3) is 0 Å². The molecule has 0 saturated carbocycles. The Balaban J connectivity index is 0.000000531. The van der Waals surface area contributed by atoms with Crippen LogP contribution in [0.1, 0.15) is 51.8 Å². The van der Waals surface area contributed by atoms with E-state index in [-0.39, 0.29) is 0 Å². The molecule has 1 fully saturated rings. The van der Waals surface area contributed by atoms with Gasteiger partial charge in [0.05, 0.1) is 12.3 Å². The summed E-state index contributed by atoms with van der Waals surface area (Å²) in [5, 5.41) is 0. The van der Waals surface area contributed by atoms with E-state index in [1.807, 2.05) is 19.9 Å². The molecule has 2 nitrogen and oxygen atoms in total. The standard InChI is InChI=1S/C11H17NO.C2H6/c1-2-10(11-6-5-9-13-11)12-7-3-4-8-12;1-2/h5-6,9-10H,2-4,7-8H2,1H3;1-2H3. The first-order valence-electron chi connectivity index (χ1n) is 6.19. The molecule has 0 aliphatic carbocycles. The number of hydrogen-bond acceptors (Lipinski definition) is 2. The van der Waals surface area contributed by atoms with Crippen LogP contribution in [-0.4, -0.2) is 18.0 Å². The number of hydrogen-bond donors (Lipinski definition) is 0. The SMILES string of the molecule is CC.CCC(c1ccco1)N1CCCC1. The third-order valence-electron chi connectivity index (χ3n) is 2.84. The number of nitrogens with zero attached hydrogens (tertiary/aromatic N) is 1. The number of rotatable bonds is 3. The van der Waals surface area contributed by atoms with Crippen LogP contribution in [-0.2, 0) is 0 Å². The average molecular weight is 209 g/mol. The minimum absolute atomic E-state index is 0.512. The lowest BCUT2D eigenvalue weighted by molar-refractivity contribution is 0.209. The summed E-state index contributed by atoms with van der Waals surface area (Å²) in [6.07, 6.45) is 5.61. The van der Waals surface area contributed by atoms with E-state index in [2.05, 4.69) is 17.9 Å². The van der Waals surface area contributed by atoms with E-state index < -0.39 is 0 Å². The summed E-state index contributed by atoms with van der Waals surface area (Å²) in [4.78, 5) is 2.53. The molecule has 1 aromatic rings. The van der Waals surface area contributed by atoms with Gasteiger partial charge in [-0.2, -0.15) is 0 Å². The maximum atomic E-state index is 5.46. The molecule has 86 valence electrons. The predicted octanol–water partition coefficient (Wildman–Crippen LogP) is 3.85. The van der Waals surface area contributed by atoms with E-state index in [9.17, 15) is 0 Å². The molecular weight excluding hydrogens is 186 g/mol. The lowest BCUT2D eigenvalue weighted by atomic mass is 10.1. The molecule has 1 unspecified atom stereocenters. The minimum Gasteiger partial charge on any atom is -0.468 e. The molecule has 2 heteroatoms. The third kappa shape index (κ3) is 3.10. The highest BCUT2D eigenvalue weighted by atomic mass is 16.3. The summed E-state index contributed by atoms with van der Waals surface area (Å²) in [7, 11) is 0. The van der Waals surface area contributed by atoms with E-state index in [0.717, 1.165) is 12.2 Å². The quantitative estimate of drug-likeness (QED) is 0.751. The molecule has 1 atom stereocenters. The highest BCUT2D eigenvalue weighted by molar-refractivity contribution is 5.05. The van der Waals surface area contributed by atoms with Gasteiger partial charge in [0.2, 0.25) is 0 Å². The Bertz CT molecular complexity index is 237. The first kappa shape index (κ1) is 12.3. The summed E-state index contributed by atoms with van der Waals surface area (Å²) in [6.45, 7) is 8.70. The number of furan rings is 1. The molecule has 0 bridgehead atoms. The first-order valence-corrected chi connectivity index (χ1v) is 6.19. The molecule has 2 heterocycles. The van der Waals surface area contributed by atoms with Gasteiger partial charge >= 0.3 is 0 Å². The first-order chi connectivity index (χ1) is 7.42. The zero-order chi connectivity index (χ0) is 11.1. The molecule has 0 spiro atoms. The van der Waals surface area contributed by atoms with Crippen molar-refractivity contribution in [1.82, 2.24) is 4.90 Å². The van der Waals surface area contributed by atoms with Crippen molar-refractivity contribution in [3.05, 3.63) is 24.2 Å². The minimum atomic E-state index is 0.512. The van der Waals surface area contributed by atoms with Crippen molar-refractivity contribution in [2.24, 2.45) is 0 Å². The maximum absolute atomic E-state index is 5.46. The van der Waals surface area contributed by atoms with Gasteiger partial charge in [-0.15, -0.1) is 0 Å². The second kappa shape index (κ2) is 6.67. The highest BCUT2D eigenvalue weighted by Gasteiger charge is 2.23. The van der Waals surface area contributed by atoms with Crippen LogP contribution < -0.4 is 0 Å². The Labute approximate surface area is 93.3 Å². The molecule has 0 aromatic carbocycles. The van der Waals surface area contributed by atoms with Gasteiger partial charge in [-0.25, -0.2) is 0 Å². The van der Waals surface area contributed by atoms with Crippen LogP contribution in [0.2, 0.25) is 0 Å². The smallest absolute Gasteiger partial charge is 0.120 e. The molecule has 1 aliphatic rings. The van der Waals surface area contributed by atoms with Gasteiger partial charge in [0.15, 0.2) is 0 Å². The van der Waals surface area contributed by atoms with E-state index in [4.69, 9.17) is 4.42 Å². The van der Waals surface area contributed by atoms with Gasteiger partial charge in [0.25, 0.3) is 0 Å². The van der Waals surface area contributed by atoms with Crippen molar-refractivity contribution >= 4 is 0 Å². The second-order valence-electron chi connectivity index (χ2n) is 3.68. The van der Waals surface area contributed by atoms with E-state index in [1.54, 1.807) is 6.26 Å². The van der Waals surface area contributed by atoms with Crippen molar-refractivity contribution in [2.75, 3.05) is 13.1 Å². The Morgan fingerprint density at radius 3 is 2.47 bits per heavy atom. The van der Waals surface area contributed by atoms with Gasteiger partial charge in [-0.3, -0.25) is 4.90 Å².